The zero-order valence-corrected chi connectivity index (χ0v) is 19.0. The number of nitrogens with one attached hydrogen (secondary N) is 3. The molecule has 0 bridgehead atoms. The third-order valence-corrected chi connectivity index (χ3v) is 5.36. The van der Waals surface area contributed by atoms with Crippen LogP contribution in [0.3, 0.4) is 0 Å². The second-order valence-corrected chi connectivity index (χ2v) is 7.80. The van der Waals surface area contributed by atoms with Crippen molar-refractivity contribution in [2.45, 2.75) is 19.0 Å². The van der Waals surface area contributed by atoms with Crippen LogP contribution in [0.1, 0.15) is 11.3 Å². The van der Waals surface area contributed by atoms with Gasteiger partial charge < -0.3 is 10.6 Å². The topological polar surface area (TPSA) is 96.8 Å². The number of aryl methyl sites for hydroxylation is 1. The zero-order chi connectivity index (χ0) is 23.9. The molecule has 1 atom stereocenters. The standard InChI is InChI=1S/C25H26FN7O/c1-27-23-13-18(10-11-28-23)21-14-24(33(2)32-21)31-25(34)22(12-17-6-4-3-5-7-17)30-16-20-9-8-19(26)15-29-20/h3-11,13-15,22,30H,12,16H2,1-2H3,(H,27,28)(H,31,34)/t22-/m0/s1. The molecule has 0 spiro atoms. The van der Waals surface area contributed by atoms with E-state index < -0.39 is 11.9 Å². The van der Waals surface area contributed by atoms with Gasteiger partial charge in [0, 0.05) is 38.5 Å². The van der Waals surface area contributed by atoms with Crippen LogP contribution in [0.5, 0.6) is 0 Å². The van der Waals surface area contributed by atoms with Gasteiger partial charge >= 0.3 is 0 Å². The molecule has 1 aromatic carbocycles. The molecule has 34 heavy (non-hydrogen) atoms. The maximum Gasteiger partial charge on any atom is 0.243 e. The van der Waals surface area contributed by atoms with Crippen LogP contribution in [0.25, 0.3) is 11.3 Å². The van der Waals surface area contributed by atoms with Gasteiger partial charge in [-0.15, -0.1) is 0 Å². The third kappa shape index (κ3) is 5.81. The van der Waals surface area contributed by atoms with Crippen LogP contribution in [0, 0.1) is 5.82 Å². The fourth-order valence-corrected chi connectivity index (χ4v) is 3.51. The van der Waals surface area contributed by atoms with E-state index >= 15 is 0 Å². The van der Waals surface area contributed by atoms with E-state index in [2.05, 4.69) is 31.0 Å². The molecule has 1 amide bonds. The molecule has 0 aliphatic carbocycles. The fraction of sp³-hybridized carbons (Fsp3) is 0.200. The Morgan fingerprint density at radius 3 is 2.65 bits per heavy atom. The molecule has 9 heteroatoms. The lowest BCUT2D eigenvalue weighted by atomic mass is 10.1. The number of halogens is 1. The maximum absolute atomic E-state index is 13.3. The van der Waals surface area contributed by atoms with Gasteiger partial charge in [-0.05, 0) is 36.2 Å². The zero-order valence-electron chi connectivity index (χ0n) is 19.0. The van der Waals surface area contributed by atoms with E-state index in [1.807, 2.05) is 48.5 Å². The number of benzene rings is 1. The minimum Gasteiger partial charge on any atom is -0.373 e. The van der Waals surface area contributed by atoms with Gasteiger partial charge in [-0.2, -0.15) is 5.10 Å². The van der Waals surface area contributed by atoms with E-state index in [-0.39, 0.29) is 5.91 Å². The van der Waals surface area contributed by atoms with Crippen molar-refractivity contribution in [3.8, 4) is 11.3 Å². The smallest absolute Gasteiger partial charge is 0.243 e. The highest BCUT2D eigenvalue weighted by molar-refractivity contribution is 5.94. The quantitative estimate of drug-likeness (QED) is 0.355. The number of anilines is 2. The molecule has 0 aliphatic rings. The van der Waals surface area contributed by atoms with Gasteiger partial charge in [0.05, 0.1) is 23.6 Å². The number of hydrogen-bond acceptors (Lipinski definition) is 6. The van der Waals surface area contributed by atoms with Crippen molar-refractivity contribution in [3.05, 3.63) is 90.1 Å². The van der Waals surface area contributed by atoms with E-state index in [0.717, 1.165) is 22.6 Å². The van der Waals surface area contributed by atoms with Crippen LogP contribution >= 0.6 is 0 Å². The van der Waals surface area contributed by atoms with Gasteiger partial charge in [0.1, 0.15) is 17.5 Å². The van der Waals surface area contributed by atoms with Crippen LogP contribution in [-0.2, 0) is 24.8 Å². The number of aromatic nitrogens is 4. The Balaban J connectivity index is 1.51. The van der Waals surface area contributed by atoms with Crippen molar-refractivity contribution in [1.29, 1.82) is 0 Å². The molecule has 0 saturated carbocycles. The van der Waals surface area contributed by atoms with Crippen molar-refractivity contribution < 1.29 is 9.18 Å². The predicted molar refractivity (Wildman–Crippen MR) is 130 cm³/mol. The summed E-state index contributed by atoms with van der Waals surface area (Å²) in [6.07, 6.45) is 3.35. The van der Waals surface area contributed by atoms with E-state index in [1.165, 1.54) is 12.3 Å². The first-order chi connectivity index (χ1) is 16.5. The van der Waals surface area contributed by atoms with Gasteiger partial charge in [-0.1, -0.05) is 30.3 Å². The summed E-state index contributed by atoms with van der Waals surface area (Å²) in [6, 6.07) is 17.8. The van der Waals surface area contributed by atoms with Crippen molar-refractivity contribution >= 4 is 17.5 Å². The largest absolute Gasteiger partial charge is 0.373 e. The molecular formula is C25H26FN7O. The predicted octanol–water partition coefficient (Wildman–Crippen LogP) is 3.40. The number of carbonyl (C=O) groups is 1. The molecule has 4 aromatic rings. The number of pyridine rings is 2. The first-order valence-corrected chi connectivity index (χ1v) is 10.9. The number of carbonyl (C=O) groups excluding carboxylic acids is 1. The number of rotatable bonds is 9. The molecule has 0 aliphatic heterocycles. The fourth-order valence-electron chi connectivity index (χ4n) is 3.51. The summed E-state index contributed by atoms with van der Waals surface area (Å²) in [5.41, 5.74) is 3.27. The summed E-state index contributed by atoms with van der Waals surface area (Å²) >= 11 is 0. The molecule has 0 radical (unpaired) electrons. The number of hydrogen-bond donors (Lipinski definition) is 3. The van der Waals surface area contributed by atoms with Gasteiger partial charge in [0.15, 0.2) is 0 Å². The van der Waals surface area contributed by atoms with E-state index in [0.29, 0.717) is 24.5 Å². The highest BCUT2D eigenvalue weighted by Crippen LogP contribution is 2.23. The normalized spacial score (nSPS) is 11.7. The molecule has 3 heterocycles. The lowest BCUT2D eigenvalue weighted by molar-refractivity contribution is -0.118. The summed E-state index contributed by atoms with van der Waals surface area (Å²) in [7, 11) is 3.58. The Bertz CT molecular complexity index is 1240. The average Bonchev–Trinajstić information content (AvgIpc) is 3.23. The van der Waals surface area contributed by atoms with Gasteiger partial charge in [-0.25, -0.2) is 9.37 Å². The van der Waals surface area contributed by atoms with E-state index in [9.17, 15) is 9.18 Å². The van der Waals surface area contributed by atoms with Crippen molar-refractivity contribution in [2.75, 3.05) is 17.7 Å². The Kier molecular flexibility index (Phi) is 7.24. The SMILES string of the molecule is CNc1cc(-c2cc(NC(=O)[C@H](Cc3ccccc3)NCc3ccc(F)cn3)n(C)n2)ccn1. The molecule has 4 rings (SSSR count). The first-order valence-electron chi connectivity index (χ1n) is 10.9. The monoisotopic (exact) mass is 459 g/mol. The average molecular weight is 460 g/mol. The number of amides is 1. The van der Waals surface area contributed by atoms with Crippen molar-refractivity contribution in [2.24, 2.45) is 7.05 Å². The van der Waals surface area contributed by atoms with Gasteiger partial charge in [-0.3, -0.25) is 19.8 Å². The molecule has 0 unspecified atom stereocenters. The molecular weight excluding hydrogens is 433 g/mol. The molecule has 3 aromatic heterocycles. The minimum atomic E-state index is -0.538. The summed E-state index contributed by atoms with van der Waals surface area (Å²) < 4.78 is 14.8. The third-order valence-electron chi connectivity index (χ3n) is 5.36. The van der Waals surface area contributed by atoms with Gasteiger partial charge in [0.2, 0.25) is 5.91 Å². The molecule has 0 saturated heterocycles. The molecule has 3 N–H and O–H groups in total. The van der Waals surface area contributed by atoms with E-state index in [4.69, 9.17) is 0 Å². The lowest BCUT2D eigenvalue weighted by Crippen LogP contribution is -2.42. The van der Waals surface area contributed by atoms with Crippen molar-refractivity contribution in [1.82, 2.24) is 25.1 Å². The minimum absolute atomic E-state index is 0.203. The van der Waals surface area contributed by atoms with Crippen LogP contribution in [0.2, 0.25) is 0 Å². The van der Waals surface area contributed by atoms with Gasteiger partial charge in [0.25, 0.3) is 0 Å². The van der Waals surface area contributed by atoms with E-state index in [1.54, 1.807) is 31.0 Å². The maximum atomic E-state index is 13.3. The van der Waals surface area contributed by atoms with Crippen molar-refractivity contribution in [3.63, 3.8) is 0 Å². The molecule has 8 nitrogen and oxygen atoms in total. The second-order valence-electron chi connectivity index (χ2n) is 7.80. The number of nitrogens with zero attached hydrogens (tertiary/aromatic N) is 4. The Hall–Kier alpha value is -4.11. The van der Waals surface area contributed by atoms with Crippen LogP contribution in [0.15, 0.2) is 73.1 Å². The highest BCUT2D eigenvalue weighted by atomic mass is 19.1. The summed E-state index contributed by atoms with van der Waals surface area (Å²) in [5.74, 6) is 0.703. The van der Waals surface area contributed by atoms with Crippen LogP contribution in [0.4, 0.5) is 16.0 Å². The van der Waals surface area contributed by atoms with Crippen LogP contribution in [-0.4, -0.2) is 38.7 Å². The molecule has 0 fully saturated rings. The van der Waals surface area contributed by atoms with Crippen LogP contribution < -0.4 is 16.0 Å². The first kappa shape index (κ1) is 23.1. The lowest BCUT2D eigenvalue weighted by Gasteiger charge is -2.18. The second kappa shape index (κ2) is 10.7. The highest BCUT2D eigenvalue weighted by Gasteiger charge is 2.21. The Morgan fingerprint density at radius 2 is 1.91 bits per heavy atom. The summed E-state index contributed by atoms with van der Waals surface area (Å²) in [6.45, 7) is 0.325. The Morgan fingerprint density at radius 1 is 1.09 bits per heavy atom. The molecule has 174 valence electrons. The summed E-state index contributed by atoms with van der Waals surface area (Å²) in [4.78, 5) is 21.6. The Labute approximate surface area is 197 Å². The summed E-state index contributed by atoms with van der Waals surface area (Å²) in [5, 5.41) is 13.8.